The van der Waals surface area contributed by atoms with E-state index in [1.54, 1.807) is 0 Å². The van der Waals surface area contributed by atoms with E-state index in [1.165, 1.54) is 0 Å². The Hall–Kier alpha value is -1.67. The smallest absolute Gasteiger partial charge is 0.323 e. The van der Waals surface area contributed by atoms with Crippen molar-refractivity contribution in [3.05, 3.63) is 0 Å². The molecule has 0 amide bonds. The highest BCUT2D eigenvalue weighted by Gasteiger charge is 2.42. The van der Waals surface area contributed by atoms with Gasteiger partial charge in [-0.1, -0.05) is 6.92 Å². The Morgan fingerprint density at radius 2 is 2.19 bits per heavy atom. The van der Waals surface area contributed by atoms with Crippen molar-refractivity contribution in [2.45, 2.75) is 32.3 Å². The summed E-state index contributed by atoms with van der Waals surface area (Å²) in [6.07, 6.45) is 2.65. The van der Waals surface area contributed by atoms with Gasteiger partial charge < -0.3 is 14.7 Å². The SMILES string of the molecule is CCCOc1nc(NN)nc(N2CC3CCC(O)C3C2)n1. The molecular weight excluding hydrogens is 272 g/mol. The summed E-state index contributed by atoms with van der Waals surface area (Å²) in [5.41, 5.74) is 2.45. The first-order valence-electron chi connectivity index (χ1n) is 7.49. The van der Waals surface area contributed by atoms with E-state index in [2.05, 4.69) is 25.3 Å². The van der Waals surface area contributed by atoms with E-state index < -0.39 is 0 Å². The third-order valence-electron chi connectivity index (χ3n) is 4.27. The fraction of sp³-hybridized carbons (Fsp3) is 0.769. The number of ether oxygens (including phenoxy) is 1. The summed E-state index contributed by atoms with van der Waals surface area (Å²) in [6, 6.07) is 0.285. The molecule has 0 aromatic carbocycles. The molecule has 1 saturated carbocycles. The van der Waals surface area contributed by atoms with Gasteiger partial charge in [0.2, 0.25) is 11.9 Å². The van der Waals surface area contributed by atoms with Gasteiger partial charge in [0.05, 0.1) is 12.7 Å². The van der Waals surface area contributed by atoms with Gasteiger partial charge in [-0.15, -0.1) is 0 Å². The predicted octanol–water partition coefficient (Wildman–Crippen LogP) is 0.153. The van der Waals surface area contributed by atoms with Crippen molar-refractivity contribution in [3.63, 3.8) is 0 Å². The van der Waals surface area contributed by atoms with Crippen LogP contribution in [0.2, 0.25) is 0 Å². The third-order valence-corrected chi connectivity index (χ3v) is 4.27. The highest BCUT2D eigenvalue weighted by atomic mass is 16.5. The lowest BCUT2D eigenvalue weighted by Crippen LogP contribution is -2.27. The molecule has 0 bridgehead atoms. The molecule has 2 aliphatic rings. The maximum absolute atomic E-state index is 10.00. The number of nitrogens with two attached hydrogens (primary N) is 1. The van der Waals surface area contributed by atoms with Crippen molar-refractivity contribution >= 4 is 11.9 Å². The second-order valence-corrected chi connectivity index (χ2v) is 5.71. The van der Waals surface area contributed by atoms with Crippen molar-refractivity contribution < 1.29 is 9.84 Å². The molecule has 1 saturated heterocycles. The van der Waals surface area contributed by atoms with E-state index in [0.29, 0.717) is 30.3 Å². The first-order valence-corrected chi connectivity index (χ1v) is 7.49. The van der Waals surface area contributed by atoms with Crippen LogP contribution < -0.4 is 20.9 Å². The molecule has 1 aliphatic heterocycles. The van der Waals surface area contributed by atoms with Gasteiger partial charge in [0.25, 0.3) is 0 Å². The molecule has 1 aliphatic carbocycles. The minimum Gasteiger partial charge on any atom is -0.463 e. The van der Waals surface area contributed by atoms with Crippen LogP contribution in [0.4, 0.5) is 11.9 Å². The van der Waals surface area contributed by atoms with Crippen LogP contribution in [0, 0.1) is 11.8 Å². The highest BCUT2D eigenvalue weighted by molar-refractivity contribution is 5.39. The zero-order chi connectivity index (χ0) is 14.8. The zero-order valence-electron chi connectivity index (χ0n) is 12.2. The summed E-state index contributed by atoms with van der Waals surface area (Å²) in [6.45, 7) is 4.21. The molecule has 3 atom stereocenters. The number of hydrogen-bond donors (Lipinski definition) is 3. The van der Waals surface area contributed by atoms with Crippen LogP contribution in [-0.4, -0.2) is 45.9 Å². The van der Waals surface area contributed by atoms with Gasteiger partial charge in [0.15, 0.2) is 0 Å². The summed E-state index contributed by atoms with van der Waals surface area (Å²) in [5, 5.41) is 10.00. The molecule has 3 unspecified atom stereocenters. The van der Waals surface area contributed by atoms with Crippen LogP contribution in [0.25, 0.3) is 0 Å². The normalized spacial score (nSPS) is 27.8. The number of fused-ring (bicyclic) bond motifs is 1. The molecule has 2 fully saturated rings. The zero-order valence-corrected chi connectivity index (χ0v) is 12.2. The number of nitrogens with zero attached hydrogens (tertiary/aromatic N) is 4. The topological polar surface area (TPSA) is 109 Å². The van der Waals surface area contributed by atoms with Gasteiger partial charge in [-0.05, 0) is 25.2 Å². The lowest BCUT2D eigenvalue weighted by atomic mass is 10.00. The van der Waals surface area contributed by atoms with Gasteiger partial charge in [-0.3, -0.25) is 5.43 Å². The first-order chi connectivity index (χ1) is 10.2. The van der Waals surface area contributed by atoms with Crippen LogP contribution in [0.1, 0.15) is 26.2 Å². The molecule has 0 radical (unpaired) electrons. The van der Waals surface area contributed by atoms with Gasteiger partial charge in [-0.25, -0.2) is 5.84 Å². The first kappa shape index (κ1) is 14.3. The van der Waals surface area contributed by atoms with E-state index in [0.717, 1.165) is 32.4 Å². The molecule has 2 heterocycles. The third kappa shape index (κ3) is 2.86. The van der Waals surface area contributed by atoms with Gasteiger partial charge >= 0.3 is 6.01 Å². The summed E-state index contributed by atoms with van der Waals surface area (Å²) < 4.78 is 5.48. The summed E-state index contributed by atoms with van der Waals surface area (Å²) >= 11 is 0. The lowest BCUT2D eigenvalue weighted by Gasteiger charge is -2.19. The summed E-state index contributed by atoms with van der Waals surface area (Å²) in [5.74, 6) is 7.10. The van der Waals surface area contributed by atoms with Crippen molar-refractivity contribution in [1.82, 2.24) is 15.0 Å². The number of hydrazine groups is 1. The fourth-order valence-electron chi connectivity index (χ4n) is 3.21. The van der Waals surface area contributed by atoms with Crippen molar-refractivity contribution in [2.24, 2.45) is 17.7 Å². The average Bonchev–Trinajstić information content (AvgIpc) is 3.07. The van der Waals surface area contributed by atoms with Crippen LogP contribution >= 0.6 is 0 Å². The minimum atomic E-state index is -0.204. The largest absolute Gasteiger partial charge is 0.463 e. The Morgan fingerprint density at radius 1 is 1.33 bits per heavy atom. The molecule has 116 valence electrons. The van der Waals surface area contributed by atoms with E-state index in [4.69, 9.17) is 10.6 Å². The highest BCUT2D eigenvalue weighted by Crippen LogP contribution is 2.39. The maximum Gasteiger partial charge on any atom is 0.323 e. The lowest BCUT2D eigenvalue weighted by molar-refractivity contribution is 0.133. The summed E-state index contributed by atoms with van der Waals surface area (Å²) in [7, 11) is 0. The Bertz CT molecular complexity index is 500. The van der Waals surface area contributed by atoms with E-state index in [1.807, 2.05) is 6.92 Å². The number of aromatic nitrogens is 3. The van der Waals surface area contributed by atoms with Crippen molar-refractivity contribution in [2.75, 3.05) is 30.0 Å². The number of aliphatic hydroxyl groups excluding tert-OH is 1. The van der Waals surface area contributed by atoms with Crippen LogP contribution in [-0.2, 0) is 0 Å². The quantitative estimate of drug-likeness (QED) is 0.520. The van der Waals surface area contributed by atoms with Gasteiger partial charge in [0.1, 0.15) is 0 Å². The molecule has 4 N–H and O–H groups in total. The Kier molecular flexibility index (Phi) is 4.07. The molecule has 1 aromatic heterocycles. The number of anilines is 2. The number of nitrogen functional groups attached to an aromatic ring is 1. The fourth-order valence-corrected chi connectivity index (χ4v) is 3.21. The molecule has 8 heteroatoms. The predicted molar refractivity (Wildman–Crippen MR) is 77.9 cm³/mol. The number of hydrogen-bond acceptors (Lipinski definition) is 8. The van der Waals surface area contributed by atoms with Crippen LogP contribution in [0.3, 0.4) is 0 Å². The van der Waals surface area contributed by atoms with E-state index >= 15 is 0 Å². The molecule has 21 heavy (non-hydrogen) atoms. The van der Waals surface area contributed by atoms with E-state index in [9.17, 15) is 5.11 Å². The average molecular weight is 294 g/mol. The minimum absolute atomic E-state index is 0.204. The van der Waals surface area contributed by atoms with Crippen LogP contribution in [0.15, 0.2) is 0 Å². The maximum atomic E-state index is 10.00. The molecule has 1 aromatic rings. The number of aliphatic hydroxyl groups is 1. The number of rotatable bonds is 5. The van der Waals surface area contributed by atoms with Crippen molar-refractivity contribution in [1.29, 1.82) is 0 Å². The van der Waals surface area contributed by atoms with Crippen LogP contribution in [0.5, 0.6) is 6.01 Å². The van der Waals surface area contributed by atoms with Gasteiger partial charge in [-0.2, -0.15) is 15.0 Å². The molecule has 0 spiro atoms. The van der Waals surface area contributed by atoms with E-state index in [-0.39, 0.29) is 12.1 Å². The summed E-state index contributed by atoms with van der Waals surface area (Å²) in [4.78, 5) is 14.8. The molecule has 8 nitrogen and oxygen atoms in total. The Balaban J connectivity index is 1.78. The Labute approximate surface area is 123 Å². The Morgan fingerprint density at radius 3 is 2.90 bits per heavy atom. The number of nitrogens with one attached hydrogen (secondary N) is 1. The second-order valence-electron chi connectivity index (χ2n) is 5.71. The standard InChI is InChI=1S/C13H22N6O2/c1-2-5-21-13-16-11(18-14)15-12(17-13)19-6-8-3-4-10(20)9(8)7-19/h8-10,20H,2-7,14H2,1H3,(H,15,16,17,18). The molecular formula is C13H22N6O2. The van der Waals surface area contributed by atoms with Gasteiger partial charge in [0, 0.05) is 19.0 Å². The molecule has 3 rings (SSSR count). The van der Waals surface area contributed by atoms with Crippen molar-refractivity contribution in [3.8, 4) is 6.01 Å². The second kappa shape index (κ2) is 5.98. The monoisotopic (exact) mass is 294 g/mol.